The summed E-state index contributed by atoms with van der Waals surface area (Å²) in [6.07, 6.45) is 1.65. The molecule has 0 radical (unpaired) electrons. The van der Waals surface area contributed by atoms with Gasteiger partial charge in [-0.15, -0.1) is 0 Å². The van der Waals surface area contributed by atoms with Gasteiger partial charge in [0.1, 0.15) is 5.82 Å². The second kappa shape index (κ2) is 6.39. The van der Waals surface area contributed by atoms with Crippen LogP contribution >= 0.6 is 11.6 Å². The number of rotatable bonds is 4. The van der Waals surface area contributed by atoms with Gasteiger partial charge in [0.15, 0.2) is 0 Å². The van der Waals surface area contributed by atoms with Crippen LogP contribution in [0, 0.1) is 6.92 Å². The molecule has 1 aromatic carbocycles. The van der Waals surface area contributed by atoms with Crippen molar-refractivity contribution in [3.63, 3.8) is 0 Å². The molecule has 0 spiro atoms. The largest absolute Gasteiger partial charge is 0.370 e. The van der Waals surface area contributed by atoms with E-state index in [0.29, 0.717) is 28.6 Å². The van der Waals surface area contributed by atoms with Crippen molar-refractivity contribution in [1.82, 2.24) is 4.98 Å². The Morgan fingerprint density at radius 1 is 1.35 bits per heavy atom. The number of halogens is 1. The molecule has 2 N–H and O–H groups in total. The summed E-state index contributed by atoms with van der Waals surface area (Å²) in [6, 6.07) is 8.89. The zero-order chi connectivity index (χ0) is 14.5. The lowest BCUT2D eigenvalue weighted by molar-refractivity contribution is 0.102. The monoisotopic (exact) mass is 289 g/mol. The number of nitrogens with zero attached hydrogens (tertiary/aromatic N) is 1. The fraction of sp³-hybridized carbons (Fsp3) is 0.200. The lowest BCUT2D eigenvalue weighted by Crippen LogP contribution is -2.15. The predicted octanol–water partition coefficient (Wildman–Crippen LogP) is 3.73. The zero-order valence-corrected chi connectivity index (χ0v) is 12.2. The molecule has 5 heteroatoms. The van der Waals surface area contributed by atoms with Crippen LogP contribution in [-0.2, 0) is 0 Å². The number of aryl methyl sites for hydroxylation is 1. The van der Waals surface area contributed by atoms with E-state index in [-0.39, 0.29) is 5.91 Å². The van der Waals surface area contributed by atoms with Gasteiger partial charge in [-0.05, 0) is 43.7 Å². The molecule has 0 saturated heterocycles. The molecule has 4 nitrogen and oxygen atoms in total. The molecule has 0 aliphatic rings. The van der Waals surface area contributed by atoms with Crippen LogP contribution in [0.15, 0.2) is 36.5 Å². The number of carbonyl (C=O) groups is 1. The van der Waals surface area contributed by atoms with Crippen LogP contribution in [0.3, 0.4) is 0 Å². The molecule has 1 amide bonds. The quantitative estimate of drug-likeness (QED) is 0.902. The van der Waals surface area contributed by atoms with E-state index in [4.69, 9.17) is 11.6 Å². The topological polar surface area (TPSA) is 54.0 Å². The van der Waals surface area contributed by atoms with E-state index in [2.05, 4.69) is 15.6 Å². The van der Waals surface area contributed by atoms with Crippen molar-refractivity contribution in [2.45, 2.75) is 13.8 Å². The summed E-state index contributed by atoms with van der Waals surface area (Å²) in [5, 5.41) is 6.51. The average Bonchev–Trinajstić information content (AvgIpc) is 2.44. The molecule has 20 heavy (non-hydrogen) atoms. The third-order valence-corrected chi connectivity index (χ3v) is 3.23. The highest BCUT2D eigenvalue weighted by molar-refractivity contribution is 6.31. The maximum Gasteiger partial charge on any atom is 0.259 e. The first kappa shape index (κ1) is 14.3. The van der Waals surface area contributed by atoms with Gasteiger partial charge < -0.3 is 10.6 Å². The van der Waals surface area contributed by atoms with Gasteiger partial charge in [-0.2, -0.15) is 0 Å². The molecule has 1 heterocycles. The normalized spacial score (nSPS) is 10.2. The van der Waals surface area contributed by atoms with E-state index in [0.717, 1.165) is 5.56 Å². The fourth-order valence-electron chi connectivity index (χ4n) is 1.77. The summed E-state index contributed by atoms with van der Waals surface area (Å²) in [6.45, 7) is 4.57. The van der Waals surface area contributed by atoms with Crippen LogP contribution in [-0.4, -0.2) is 17.4 Å². The number of hydrogen-bond acceptors (Lipinski definition) is 3. The summed E-state index contributed by atoms with van der Waals surface area (Å²) < 4.78 is 0. The molecule has 0 unspecified atom stereocenters. The van der Waals surface area contributed by atoms with Crippen molar-refractivity contribution >= 4 is 29.0 Å². The Labute approximate surface area is 123 Å². The number of carbonyl (C=O) groups excluding carboxylic acids is 1. The second-order valence-corrected chi connectivity index (χ2v) is 4.76. The Morgan fingerprint density at radius 2 is 2.15 bits per heavy atom. The number of anilines is 2. The Kier molecular flexibility index (Phi) is 4.58. The van der Waals surface area contributed by atoms with Crippen LogP contribution in [0.1, 0.15) is 22.8 Å². The maximum absolute atomic E-state index is 12.3. The Balaban J connectivity index is 2.21. The van der Waals surface area contributed by atoms with E-state index >= 15 is 0 Å². The third-order valence-electron chi connectivity index (χ3n) is 2.83. The van der Waals surface area contributed by atoms with E-state index < -0.39 is 0 Å². The number of amides is 1. The molecule has 0 fully saturated rings. The minimum Gasteiger partial charge on any atom is -0.370 e. The van der Waals surface area contributed by atoms with Gasteiger partial charge in [-0.1, -0.05) is 17.7 Å². The summed E-state index contributed by atoms with van der Waals surface area (Å²) in [5.74, 6) is 0.361. The number of nitrogens with one attached hydrogen (secondary N) is 2. The molecule has 2 rings (SSSR count). The number of benzene rings is 1. The molecular formula is C15H16ClN3O. The minimum atomic E-state index is -0.214. The number of aromatic nitrogens is 1. The van der Waals surface area contributed by atoms with Crippen molar-refractivity contribution in [2.24, 2.45) is 0 Å². The van der Waals surface area contributed by atoms with Crippen molar-refractivity contribution < 1.29 is 4.79 Å². The van der Waals surface area contributed by atoms with Gasteiger partial charge in [0.2, 0.25) is 0 Å². The minimum absolute atomic E-state index is 0.214. The first-order chi connectivity index (χ1) is 9.61. The van der Waals surface area contributed by atoms with Crippen LogP contribution in [0.25, 0.3) is 0 Å². The molecule has 0 saturated carbocycles. The van der Waals surface area contributed by atoms with Gasteiger partial charge in [0, 0.05) is 23.5 Å². The SMILES string of the molecule is CCNc1ncccc1C(=O)Nc1ccc(C)c(Cl)c1. The molecular weight excluding hydrogens is 274 g/mol. The first-order valence-electron chi connectivity index (χ1n) is 6.38. The highest BCUT2D eigenvalue weighted by Gasteiger charge is 2.12. The van der Waals surface area contributed by atoms with Crippen LogP contribution < -0.4 is 10.6 Å². The van der Waals surface area contributed by atoms with Crippen LogP contribution in [0.4, 0.5) is 11.5 Å². The molecule has 0 bridgehead atoms. The van der Waals surface area contributed by atoms with Gasteiger partial charge in [-0.25, -0.2) is 4.98 Å². The highest BCUT2D eigenvalue weighted by atomic mass is 35.5. The lowest BCUT2D eigenvalue weighted by Gasteiger charge is -2.10. The van der Waals surface area contributed by atoms with Crippen molar-refractivity contribution in [1.29, 1.82) is 0 Å². The Morgan fingerprint density at radius 3 is 2.85 bits per heavy atom. The summed E-state index contributed by atoms with van der Waals surface area (Å²) in [7, 11) is 0. The standard InChI is InChI=1S/C15H16ClN3O/c1-3-17-14-12(5-4-8-18-14)15(20)19-11-7-6-10(2)13(16)9-11/h4-9H,3H2,1-2H3,(H,17,18)(H,19,20). The van der Waals surface area contributed by atoms with E-state index in [1.54, 1.807) is 24.4 Å². The molecule has 0 atom stereocenters. The highest BCUT2D eigenvalue weighted by Crippen LogP contribution is 2.21. The van der Waals surface area contributed by atoms with Crippen molar-refractivity contribution in [3.8, 4) is 0 Å². The Bertz CT molecular complexity index is 628. The molecule has 2 aromatic rings. The van der Waals surface area contributed by atoms with Crippen LogP contribution in [0.2, 0.25) is 5.02 Å². The molecule has 1 aromatic heterocycles. The fourth-order valence-corrected chi connectivity index (χ4v) is 1.95. The average molecular weight is 290 g/mol. The van der Waals surface area contributed by atoms with E-state index in [1.165, 1.54) is 0 Å². The van der Waals surface area contributed by atoms with E-state index in [1.807, 2.05) is 26.0 Å². The molecule has 104 valence electrons. The van der Waals surface area contributed by atoms with Gasteiger partial charge in [-0.3, -0.25) is 4.79 Å². The predicted molar refractivity (Wildman–Crippen MR) is 82.5 cm³/mol. The van der Waals surface area contributed by atoms with Gasteiger partial charge in [0.05, 0.1) is 5.56 Å². The second-order valence-electron chi connectivity index (χ2n) is 4.35. The van der Waals surface area contributed by atoms with Crippen molar-refractivity contribution in [2.75, 3.05) is 17.2 Å². The molecule has 0 aliphatic heterocycles. The Hall–Kier alpha value is -2.07. The van der Waals surface area contributed by atoms with Gasteiger partial charge in [0.25, 0.3) is 5.91 Å². The summed E-state index contributed by atoms with van der Waals surface area (Å²) in [4.78, 5) is 16.4. The van der Waals surface area contributed by atoms with Crippen LogP contribution in [0.5, 0.6) is 0 Å². The smallest absolute Gasteiger partial charge is 0.259 e. The van der Waals surface area contributed by atoms with Crippen molar-refractivity contribution in [3.05, 3.63) is 52.7 Å². The maximum atomic E-state index is 12.3. The number of pyridine rings is 1. The third kappa shape index (κ3) is 3.27. The summed E-state index contributed by atoms with van der Waals surface area (Å²) >= 11 is 6.05. The van der Waals surface area contributed by atoms with E-state index in [9.17, 15) is 4.79 Å². The number of hydrogen-bond donors (Lipinski definition) is 2. The molecule has 0 aliphatic carbocycles. The van der Waals surface area contributed by atoms with Gasteiger partial charge >= 0.3 is 0 Å². The lowest BCUT2D eigenvalue weighted by atomic mass is 10.2. The summed E-state index contributed by atoms with van der Waals surface area (Å²) in [5.41, 5.74) is 2.14. The first-order valence-corrected chi connectivity index (χ1v) is 6.76. The zero-order valence-electron chi connectivity index (χ0n) is 11.4.